The van der Waals surface area contributed by atoms with Crippen LogP contribution in [0.15, 0.2) is 0 Å². The van der Waals surface area contributed by atoms with Gasteiger partial charge in [-0.2, -0.15) is 9.15 Å². The maximum absolute atomic E-state index is 13.4. The van der Waals surface area contributed by atoms with Gasteiger partial charge in [-0.05, 0) is 25.9 Å². The zero-order valence-corrected chi connectivity index (χ0v) is 8.41. The van der Waals surface area contributed by atoms with E-state index in [0.29, 0.717) is 0 Å². The molecule has 0 radical (unpaired) electrons. The van der Waals surface area contributed by atoms with E-state index < -0.39 is 10.4 Å². The van der Waals surface area contributed by atoms with Crippen molar-refractivity contribution in [2.45, 2.75) is 25.5 Å². The zero-order valence-electron chi connectivity index (χ0n) is 7.60. The molecule has 11 heavy (non-hydrogen) atoms. The van der Waals surface area contributed by atoms with Gasteiger partial charge in [0.25, 0.3) is 0 Å². The minimum atomic E-state index is -2.05. The van der Waals surface area contributed by atoms with Gasteiger partial charge in [0.1, 0.15) is 0 Å². The lowest BCUT2D eigenvalue weighted by atomic mass is 10.1. The van der Waals surface area contributed by atoms with E-state index in [1.165, 1.54) is 0 Å². The van der Waals surface area contributed by atoms with Crippen molar-refractivity contribution in [3.05, 3.63) is 0 Å². The fraction of sp³-hybridized carbons (Fsp3) is 0.875. The predicted molar refractivity (Wildman–Crippen MR) is 49.4 cm³/mol. The maximum atomic E-state index is 13.4. The fourth-order valence-electron chi connectivity index (χ4n) is 1.32. The summed E-state index contributed by atoms with van der Waals surface area (Å²) in [7, 11) is -2.05. The highest BCUT2D eigenvalue weighted by Crippen LogP contribution is 2.50. The summed E-state index contributed by atoms with van der Waals surface area (Å²) in [6.07, 6.45) is 4.00. The molecule has 0 aromatic heterocycles. The van der Waals surface area contributed by atoms with Crippen molar-refractivity contribution in [2.75, 3.05) is 12.5 Å². The van der Waals surface area contributed by atoms with Crippen molar-refractivity contribution in [3.8, 4) is 6.07 Å². The van der Waals surface area contributed by atoms with Gasteiger partial charge in [0.05, 0.1) is 12.0 Å². The van der Waals surface area contributed by atoms with E-state index in [1.54, 1.807) is 19.4 Å². The van der Waals surface area contributed by atoms with Crippen LogP contribution in [0, 0.1) is 17.2 Å². The monoisotopic (exact) mass is 177 g/mol. The summed E-state index contributed by atoms with van der Waals surface area (Å²) in [5, 5.41) is 8.53. The van der Waals surface area contributed by atoms with Gasteiger partial charge in [-0.1, -0.05) is 17.3 Å². The Balaban J connectivity index is 4.31. The molecule has 2 unspecified atom stereocenters. The number of hydrogen-bond acceptors (Lipinski definition) is 1. The van der Waals surface area contributed by atoms with E-state index in [0.717, 1.165) is 6.42 Å². The summed E-state index contributed by atoms with van der Waals surface area (Å²) in [6.45, 7) is 3.73. The van der Waals surface area contributed by atoms with Crippen molar-refractivity contribution in [1.29, 1.82) is 5.26 Å². The molecule has 0 heterocycles. The van der Waals surface area contributed by atoms with Crippen LogP contribution >= 0.6 is 10.4 Å². The van der Waals surface area contributed by atoms with Gasteiger partial charge in [-0.15, -0.1) is 0 Å². The lowest BCUT2D eigenvalue weighted by Crippen LogP contribution is -2.19. The highest BCUT2D eigenvalue weighted by atomic mass is 32.3. The molecule has 0 spiro atoms. The first-order valence-corrected chi connectivity index (χ1v) is 6.16. The van der Waals surface area contributed by atoms with Crippen LogP contribution in [0.5, 0.6) is 0 Å². The third kappa shape index (κ3) is 3.11. The van der Waals surface area contributed by atoms with Gasteiger partial charge < -0.3 is 0 Å². The molecule has 0 bridgehead atoms. The Morgan fingerprint density at radius 3 is 2.09 bits per heavy atom. The number of nitriles is 1. The second kappa shape index (κ2) is 3.96. The quantitative estimate of drug-likeness (QED) is 0.650. The highest BCUT2D eigenvalue weighted by Gasteiger charge is 2.27. The molecule has 0 fully saturated rings. The molecule has 0 N–H and O–H groups in total. The Kier molecular flexibility index (Phi) is 3.88. The SMILES string of the molecule is CCC(C(C)C#N)S(C)(C)F. The first-order chi connectivity index (χ1) is 4.93. The van der Waals surface area contributed by atoms with Gasteiger partial charge >= 0.3 is 0 Å². The average Bonchev–Trinajstić information content (AvgIpc) is 1.86. The number of rotatable bonds is 3. The van der Waals surface area contributed by atoms with E-state index >= 15 is 0 Å². The Labute approximate surface area is 70.2 Å². The zero-order chi connectivity index (χ0) is 9.07. The Morgan fingerprint density at radius 1 is 1.55 bits per heavy atom. The number of nitrogens with zero attached hydrogens (tertiary/aromatic N) is 1. The first kappa shape index (κ1) is 10.8. The Morgan fingerprint density at radius 2 is 2.00 bits per heavy atom. The molecular formula is C8H16FNS. The summed E-state index contributed by atoms with van der Waals surface area (Å²) < 4.78 is 13.4. The summed E-state index contributed by atoms with van der Waals surface area (Å²) in [5.74, 6) is -0.157. The van der Waals surface area contributed by atoms with Crippen molar-refractivity contribution in [2.24, 2.45) is 5.92 Å². The Hall–Kier alpha value is -0.230. The van der Waals surface area contributed by atoms with Gasteiger partial charge in [0.2, 0.25) is 0 Å². The Bertz CT molecular complexity index is 156. The third-order valence-corrected chi connectivity index (χ3v) is 4.07. The normalized spacial score (nSPS) is 18.5. The third-order valence-electron chi connectivity index (χ3n) is 1.88. The number of halogens is 1. The molecule has 0 saturated heterocycles. The average molecular weight is 177 g/mol. The van der Waals surface area contributed by atoms with Crippen LogP contribution < -0.4 is 0 Å². The molecule has 3 heteroatoms. The minimum absolute atomic E-state index is 0.0625. The molecular weight excluding hydrogens is 161 g/mol. The van der Waals surface area contributed by atoms with Gasteiger partial charge in [0, 0.05) is 5.25 Å². The van der Waals surface area contributed by atoms with Crippen LogP contribution in [0.1, 0.15) is 20.3 Å². The van der Waals surface area contributed by atoms with Crippen LogP contribution in [0.25, 0.3) is 0 Å². The van der Waals surface area contributed by atoms with Gasteiger partial charge in [0.15, 0.2) is 0 Å². The lowest BCUT2D eigenvalue weighted by Gasteiger charge is -2.32. The molecule has 0 aliphatic carbocycles. The summed E-state index contributed by atoms with van der Waals surface area (Å²) in [5.41, 5.74) is 0. The van der Waals surface area contributed by atoms with E-state index in [1.807, 2.05) is 6.92 Å². The fourth-order valence-corrected chi connectivity index (χ4v) is 3.14. The van der Waals surface area contributed by atoms with Gasteiger partial charge in [-0.3, -0.25) is 0 Å². The van der Waals surface area contributed by atoms with E-state index in [4.69, 9.17) is 5.26 Å². The van der Waals surface area contributed by atoms with Crippen molar-refractivity contribution in [1.82, 2.24) is 0 Å². The van der Waals surface area contributed by atoms with E-state index in [9.17, 15) is 3.89 Å². The first-order valence-electron chi connectivity index (χ1n) is 3.74. The van der Waals surface area contributed by atoms with Crippen LogP contribution in [0.4, 0.5) is 3.89 Å². The van der Waals surface area contributed by atoms with Crippen LogP contribution in [0.2, 0.25) is 0 Å². The molecule has 0 aromatic carbocycles. The van der Waals surface area contributed by atoms with Crippen molar-refractivity contribution >= 4 is 10.4 Å². The highest BCUT2D eigenvalue weighted by molar-refractivity contribution is 8.29. The summed E-state index contributed by atoms with van der Waals surface area (Å²) in [4.78, 5) is 0. The predicted octanol–water partition coefficient (Wildman–Crippen LogP) is 2.87. The van der Waals surface area contributed by atoms with Crippen molar-refractivity contribution in [3.63, 3.8) is 0 Å². The molecule has 0 saturated carbocycles. The largest absolute Gasteiger partial charge is 0.198 e. The van der Waals surface area contributed by atoms with Crippen molar-refractivity contribution < 1.29 is 3.89 Å². The lowest BCUT2D eigenvalue weighted by molar-refractivity contribution is 0.638. The molecule has 2 atom stereocenters. The molecule has 0 aliphatic heterocycles. The van der Waals surface area contributed by atoms with Crippen LogP contribution in [-0.2, 0) is 0 Å². The van der Waals surface area contributed by atoms with Crippen LogP contribution in [0.3, 0.4) is 0 Å². The number of hydrogen-bond donors (Lipinski definition) is 0. The molecule has 0 amide bonds. The molecule has 0 rings (SSSR count). The van der Waals surface area contributed by atoms with Gasteiger partial charge in [-0.25, -0.2) is 0 Å². The smallest absolute Gasteiger partial charge is 0.0664 e. The second-order valence-electron chi connectivity index (χ2n) is 3.14. The molecule has 0 aliphatic rings. The van der Waals surface area contributed by atoms with E-state index in [2.05, 4.69) is 6.07 Å². The molecule has 0 aromatic rings. The maximum Gasteiger partial charge on any atom is 0.0664 e. The minimum Gasteiger partial charge on any atom is -0.198 e. The topological polar surface area (TPSA) is 23.8 Å². The van der Waals surface area contributed by atoms with E-state index in [-0.39, 0.29) is 11.2 Å². The summed E-state index contributed by atoms with van der Waals surface area (Å²) >= 11 is 0. The summed E-state index contributed by atoms with van der Waals surface area (Å²) in [6, 6.07) is 2.10. The van der Waals surface area contributed by atoms with Crippen LogP contribution in [-0.4, -0.2) is 17.8 Å². The molecule has 1 nitrogen and oxygen atoms in total. The standard InChI is InChI=1S/C8H16FNS/c1-5-8(7(2)6-10)11(3,4)9/h7-8H,5H2,1-4H3. The molecule has 66 valence electrons. The second-order valence-corrected chi connectivity index (χ2v) is 6.30.